The summed E-state index contributed by atoms with van der Waals surface area (Å²) >= 11 is 0. The van der Waals surface area contributed by atoms with Crippen LogP contribution in [0.15, 0.2) is 53.5 Å². The van der Waals surface area contributed by atoms with Gasteiger partial charge in [-0.1, -0.05) is 36.4 Å². The van der Waals surface area contributed by atoms with E-state index in [1.807, 2.05) is 30.3 Å². The van der Waals surface area contributed by atoms with Gasteiger partial charge in [0.25, 0.3) is 0 Å². The minimum absolute atomic E-state index is 0.366. The van der Waals surface area contributed by atoms with Crippen molar-refractivity contribution in [1.29, 1.82) is 0 Å². The number of esters is 1. The molecule has 0 aliphatic carbocycles. The Hall–Kier alpha value is -2.71. The first-order valence-corrected chi connectivity index (χ1v) is 5.62. The fourth-order valence-electron chi connectivity index (χ4n) is 1.87. The van der Waals surface area contributed by atoms with E-state index < -0.39 is 5.97 Å². The Bertz CT molecular complexity index is 644. The third-order valence-corrected chi connectivity index (χ3v) is 2.68. The van der Waals surface area contributed by atoms with Gasteiger partial charge in [-0.05, 0) is 17.7 Å². The lowest BCUT2D eigenvalue weighted by molar-refractivity contribution is 0.0601. The highest BCUT2D eigenvalue weighted by molar-refractivity contribution is 6.00. The van der Waals surface area contributed by atoms with Crippen LogP contribution in [0.3, 0.4) is 0 Å². The van der Waals surface area contributed by atoms with E-state index in [0.29, 0.717) is 16.8 Å². The lowest BCUT2D eigenvalue weighted by Crippen LogP contribution is -2.03. The van der Waals surface area contributed by atoms with Crippen LogP contribution in [0.5, 0.6) is 0 Å². The number of rotatable bonds is 3. The molecule has 0 amide bonds. The molecule has 0 aliphatic heterocycles. The predicted octanol–water partition coefficient (Wildman–Crippen LogP) is 3.11. The zero-order chi connectivity index (χ0) is 13.7. The van der Waals surface area contributed by atoms with Crippen LogP contribution in [0.2, 0.25) is 0 Å². The molecular formula is C15H11NO3. The molecule has 4 heteroatoms. The number of benzene rings is 2. The summed E-state index contributed by atoms with van der Waals surface area (Å²) in [7, 11) is 1.31. The fraction of sp³-hybridized carbons (Fsp3) is 0.0667. The molecule has 0 fully saturated rings. The lowest BCUT2D eigenvalue weighted by Gasteiger charge is -2.10. The highest BCUT2D eigenvalue weighted by atomic mass is 16.5. The number of hydrogen-bond donors (Lipinski definition) is 0. The monoisotopic (exact) mass is 253 g/mol. The molecule has 0 bridgehead atoms. The molecule has 0 spiro atoms. The maximum absolute atomic E-state index is 11.8. The Morgan fingerprint density at radius 2 is 1.84 bits per heavy atom. The first-order valence-electron chi connectivity index (χ1n) is 5.62. The number of nitrogens with zero attached hydrogens (tertiary/aromatic N) is 1. The first-order chi connectivity index (χ1) is 9.27. The minimum Gasteiger partial charge on any atom is -0.465 e. The molecule has 2 aromatic rings. The number of carbonyl (C=O) groups excluding carboxylic acids is 2. The van der Waals surface area contributed by atoms with Gasteiger partial charge in [0.2, 0.25) is 6.08 Å². The van der Waals surface area contributed by atoms with Crippen molar-refractivity contribution in [2.45, 2.75) is 0 Å². The third-order valence-electron chi connectivity index (χ3n) is 2.68. The summed E-state index contributed by atoms with van der Waals surface area (Å²) in [5.41, 5.74) is 2.12. The fourth-order valence-corrected chi connectivity index (χ4v) is 1.87. The van der Waals surface area contributed by atoms with Crippen LogP contribution in [0.25, 0.3) is 11.1 Å². The van der Waals surface area contributed by atoms with Gasteiger partial charge >= 0.3 is 5.97 Å². The van der Waals surface area contributed by atoms with Crippen molar-refractivity contribution in [3.8, 4) is 11.1 Å². The van der Waals surface area contributed by atoms with E-state index in [1.54, 1.807) is 18.2 Å². The van der Waals surface area contributed by atoms with E-state index in [1.165, 1.54) is 13.2 Å². The summed E-state index contributed by atoms with van der Waals surface area (Å²) in [4.78, 5) is 25.9. The molecule has 19 heavy (non-hydrogen) atoms. The molecule has 0 N–H and O–H groups in total. The Kier molecular flexibility index (Phi) is 3.86. The standard InChI is InChI=1S/C15H11NO3/c1-19-15(18)12-8-5-9-13(16-10-17)14(12)11-6-3-2-4-7-11/h2-9H,1H3. The van der Waals surface area contributed by atoms with Gasteiger partial charge in [-0.2, -0.15) is 4.99 Å². The maximum atomic E-state index is 11.8. The average Bonchev–Trinajstić information content (AvgIpc) is 2.47. The van der Waals surface area contributed by atoms with Gasteiger partial charge in [0.15, 0.2) is 0 Å². The van der Waals surface area contributed by atoms with Crippen molar-refractivity contribution in [1.82, 2.24) is 0 Å². The van der Waals surface area contributed by atoms with E-state index in [-0.39, 0.29) is 0 Å². The van der Waals surface area contributed by atoms with Gasteiger partial charge in [-0.15, -0.1) is 0 Å². The summed E-state index contributed by atoms with van der Waals surface area (Å²) in [6, 6.07) is 14.2. The number of ether oxygens (including phenoxy) is 1. The molecule has 0 aromatic heterocycles. The number of methoxy groups -OCH3 is 1. The van der Waals surface area contributed by atoms with Gasteiger partial charge < -0.3 is 4.74 Å². The van der Waals surface area contributed by atoms with E-state index in [4.69, 9.17) is 4.74 Å². The summed E-state index contributed by atoms with van der Waals surface area (Å²) in [5, 5.41) is 0. The Morgan fingerprint density at radius 1 is 1.11 bits per heavy atom. The van der Waals surface area contributed by atoms with Crippen molar-refractivity contribution in [3.05, 3.63) is 54.1 Å². The van der Waals surface area contributed by atoms with Crippen LogP contribution in [0.1, 0.15) is 10.4 Å². The molecule has 0 radical (unpaired) electrons. The van der Waals surface area contributed by atoms with Crippen LogP contribution >= 0.6 is 0 Å². The zero-order valence-corrected chi connectivity index (χ0v) is 10.3. The van der Waals surface area contributed by atoms with E-state index in [9.17, 15) is 9.59 Å². The van der Waals surface area contributed by atoms with Gasteiger partial charge in [0, 0.05) is 5.56 Å². The van der Waals surface area contributed by atoms with Crippen molar-refractivity contribution < 1.29 is 14.3 Å². The molecule has 0 aliphatic rings. The molecule has 94 valence electrons. The number of isocyanates is 1. The van der Waals surface area contributed by atoms with Crippen molar-refractivity contribution in [2.75, 3.05) is 7.11 Å². The average molecular weight is 253 g/mol. The second-order valence-electron chi connectivity index (χ2n) is 3.76. The van der Waals surface area contributed by atoms with Crippen molar-refractivity contribution >= 4 is 17.7 Å². The second kappa shape index (κ2) is 5.76. The van der Waals surface area contributed by atoms with Gasteiger partial charge in [-0.3, -0.25) is 0 Å². The third kappa shape index (κ3) is 2.59. The van der Waals surface area contributed by atoms with E-state index in [0.717, 1.165) is 5.56 Å². The predicted molar refractivity (Wildman–Crippen MR) is 71.0 cm³/mol. The smallest absolute Gasteiger partial charge is 0.338 e. The molecule has 2 aromatic carbocycles. The Balaban J connectivity index is 2.73. The van der Waals surface area contributed by atoms with Crippen LogP contribution < -0.4 is 0 Å². The van der Waals surface area contributed by atoms with E-state index in [2.05, 4.69) is 4.99 Å². The highest BCUT2D eigenvalue weighted by Crippen LogP contribution is 2.33. The Labute approximate surface area is 110 Å². The molecule has 4 nitrogen and oxygen atoms in total. The zero-order valence-electron chi connectivity index (χ0n) is 10.3. The number of hydrogen-bond acceptors (Lipinski definition) is 4. The number of carbonyl (C=O) groups is 1. The molecule has 0 saturated carbocycles. The normalized spacial score (nSPS) is 9.53. The maximum Gasteiger partial charge on any atom is 0.338 e. The van der Waals surface area contributed by atoms with Gasteiger partial charge in [0.1, 0.15) is 0 Å². The first kappa shape index (κ1) is 12.7. The van der Waals surface area contributed by atoms with Gasteiger partial charge in [-0.25, -0.2) is 9.59 Å². The molecular weight excluding hydrogens is 242 g/mol. The minimum atomic E-state index is -0.471. The SMILES string of the molecule is COC(=O)c1cccc(N=C=O)c1-c1ccccc1. The van der Waals surface area contributed by atoms with Crippen molar-refractivity contribution in [2.24, 2.45) is 4.99 Å². The second-order valence-corrected chi connectivity index (χ2v) is 3.76. The molecule has 0 atom stereocenters. The lowest BCUT2D eigenvalue weighted by atomic mass is 9.98. The van der Waals surface area contributed by atoms with Crippen LogP contribution in [0, 0.1) is 0 Å². The molecule has 0 heterocycles. The topological polar surface area (TPSA) is 55.7 Å². The van der Waals surface area contributed by atoms with Crippen LogP contribution in [0.4, 0.5) is 5.69 Å². The highest BCUT2D eigenvalue weighted by Gasteiger charge is 2.16. The summed E-state index contributed by atoms with van der Waals surface area (Å²) in [6.45, 7) is 0. The van der Waals surface area contributed by atoms with Crippen molar-refractivity contribution in [3.63, 3.8) is 0 Å². The van der Waals surface area contributed by atoms with Crippen LogP contribution in [-0.2, 0) is 9.53 Å². The molecule has 0 saturated heterocycles. The van der Waals surface area contributed by atoms with E-state index >= 15 is 0 Å². The molecule has 0 unspecified atom stereocenters. The Morgan fingerprint density at radius 3 is 2.47 bits per heavy atom. The summed E-state index contributed by atoms with van der Waals surface area (Å²) in [5.74, 6) is -0.471. The van der Waals surface area contributed by atoms with Gasteiger partial charge in [0.05, 0.1) is 18.4 Å². The quantitative estimate of drug-likeness (QED) is 0.479. The molecule has 2 rings (SSSR count). The summed E-state index contributed by atoms with van der Waals surface area (Å²) in [6.07, 6.45) is 1.50. The van der Waals surface area contributed by atoms with Crippen LogP contribution in [-0.4, -0.2) is 19.2 Å². The number of aliphatic imine (C=N–C) groups is 1. The summed E-state index contributed by atoms with van der Waals surface area (Å²) < 4.78 is 4.75. The largest absolute Gasteiger partial charge is 0.465 e.